The Bertz CT molecular complexity index is 595. The second-order valence-corrected chi connectivity index (χ2v) is 7.03. The Morgan fingerprint density at radius 1 is 1.15 bits per heavy atom. The van der Waals surface area contributed by atoms with Crippen molar-refractivity contribution in [3.8, 4) is 11.5 Å². The fourth-order valence-electron chi connectivity index (χ4n) is 4.24. The Kier molecular flexibility index (Phi) is 8.31. The van der Waals surface area contributed by atoms with Gasteiger partial charge >= 0.3 is 0 Å². The molecule has 1 saturated carbocycles. The van der Waals surface area contributed by atoms with E-state index in [2.05, 4.69) is 23.2 Å². The number of guanidine groups is 1. The maximum Gasteiger partial charge on any atom is 0.194 e. The lowest BCUT2D eigenvalue weighted by atomic mass is 9.82. The summed E-state index contributed by atoms with van der Waals surface area (Å²) in [5, 5.41) is 3.47. The monoisotopic (exact) mass is 473 g/mol. The topological polar surface area (TPSA) is 46.1 Å². The Balaban J connectivity index is 0.00000243. The van der Waals surface area contributed by atoms with E-state index >= 15 is 0 Å². The van der Waals surface area contributed by atoms with Crippen LogP contribution in [-0.2, 0) is 6.54 Å². The quantitative estimate of drug-likeness (QED) is 0.400. The third-order valence-electron chi connectivity index (χ3n) is 5.49. The number of rotatable bonds is 5. The molecule has 2 fully saturated rings. The molecule has 0 amide bonds. The van der Waals surface area contributed by atoms with Gasteiger partial charge in [-0.2, -0.15) is 0 Å². The van der Waals surface area contributed by atoms with Gasteiger partial charge in [0, 0.05) is 25.2 Å². The predicted octanol–water partition coefficient (Wildman–Crippen LogP) is 3.91. The highest BCUT2D eigenvalue weighted by Gasteiger charge is 2.35. The fourth-order valence-corrected chi connectivity index (χ4v) is 4.24. The zero-order valence-corrected chi connectivity index (χ0v) is 18.5. The maximum absolute atomic E-state index is 5.53. The molecule has 3 rings (SSSR count). The van der Waals surface area contributed by atoms with Gasteiger partial charge in [0.1, 0.15) is 0 Å². The summed E-state index contributed by atoms with van der Waals surface area (Å²) in [6, 6.07) is 5.96. The van der Waals surface area contributed by atoms with Gasteiger partial charge in [-0.25, -0.2) is 4.99 Å². The van der Waals surface area contributed by atoms with Crippen molar-refractivity contribution in [2.24, 2.45) is 16.8 Å². The lowest BCUT2D eigenvalue weighted by Gasteiger charge is -2.22. The Hall–Kier alpha value is -1.18. The molecule has 0 aromatic heterocycles. The van der Waals surface area contributed by atoms with Crippen molar-refractivity contribution in [2.75, 3.05) is 33.9 Å². The third kappa shape index (κ3) is 4.75. The average molecular weight is 473 g/mol. The molecule has 5 nitrogen and oxygen atoms in total. The molecule has 1 aliphatic heterocycles. The molecule has 1 aromatic carbocycles. The van der Waals surface area contributed by atoms with Crippen molar-refractivity contribution in [1.82, 2.24) is 10.2 Å². The number of methoxy groups -OCH3 is 2. The van der Waals surface area contributed by atoms with E-state index in [-0.39, 0.29) is 24.0 Å². The molecule has 26 heavy (non-hydrogen) atoms. The molecule has 1 N–H and O–H groups in total. The summed E-state index contributed by atoms with van der Waals surface area (Å²) < 4.78 is 10.9. The zero-order chi connectivity index (χ0) is 17.6. The van der Waals surface area contributed by atoms with Crippen molar-refractivity contribution in [1.29, 1.82) is 0 Å². The van der Waals surface area contributed by atoms with Gasteiger partial charge in [-0.1, -0.05) is 25.0 Å². The minimum atomic E-state index is 0. The van der Waals surface area contributed by atoms with Gasteiger partial charge in [0.05, 0.1) is 20.8 Å². The minimum Gasteiger partial charge on any atom is -0.493 e. The lowest BCUT2D eigenvalue weighted by molar-refractivity contribution is 0.299. The van der Waals surface area contributed by atoms with E-state index in [1.54, 1.807) is 14.2 Å². The van der Waals surface area contributed by atoms with Crippen LogP contribution in [0.5, 0.6) is 11.5 Å². The second-order valence-electron chi connectivity index (χ2n) is 7.03. The highest BCUT2D eigenvalue weighted by atomic mass is 127. The molecule has 2 aliphatic rings. The van der Waals surface area contributed by atoms with Gasteiger partial charge in [-0.05, 0) is 37.7 Å². The van der Waals surface area contributed by atoms with Gasteiger partial charge in [0.15, 0.2) is 17.5 Å². The smallest absolute Gasteiger partial charge is 0.194 e. The number of hydrogen-bond donors (Lipinski definition) is 1. The summed E-state index contributed by atoms with van der Waals surface area (Å²) in [6.45, 7) is 5.90. The number of halogens is 1. The van der Waals surface area contributed by atoms with Crippen LogP contribution in [0.25, 0.3) is 0 Å². The Morgan fingerprint density at radius 2 is 1.85 bits per heavy atom. The van der Waals surface area contributed by atoms with Crippen molar-refractivity contribution in [2.45, 2.75) is 39.2 Å². The van der Waals surface area contributed by atoms with Crippen LogP contribution < -0.4 is 14.8 Å². The van der Waals surface area contributed by atoms with E-state index in [1.165, 1.54) is 25.7 Å². The second kappa shape index (κ2) is 10.2. The molecule has 0 bridgehead atoms. The van der Waals surface area contributed by atoms with Gasteiger partial charge < -0.3 is 19.7 Å². The van der Waals surface area contributed by atoms with Crippen LogP contribution in [-0.4, -0.2) is 44.7 Å². The summed E-state index contributed by atoms with van der Waals surface area (Å²) in [7, 11) is 3.35. The Labute approximate surface area is 174 Å². The van der Waals surface area contributed by atoms with Gasteiger partial charge in [0.2, 0.25) is 0 Å². The summed E-state index contributed by atoms with van der Waals surface area (Å²) in [5.41, 5.74) is 1.05. The van der Waals surface area contributed by atoms with E-state index in [0.717, 1.165) is 54.5 Å². The number of para-hydroxylation sites is 1. The molecule has 6 heteroatoms. The van der Waals surface area contributed by atoms with Gasteiger partial charge in [-0.3, -0.25) is 0 Å². The number of likely N-dealkylation sites (tertiary alicyclic amines) is 1. The average Bonchev–Trinajstić information content (AvgIpc) is 3.08. The number of ether oxygens (including phenoxy) is 2. The number of nitrogens with one attached hydrogen (secondary N) is 1. The predicted molar refractivity (Wildman–Crippen MR) is 117 cm³/mol. The highest BCUT2D eigenvalue weighted by molar-refractivity contribution is 14.0. The number of benzene rings is 1. The molecule has 2 unspecified atom stereocenters. The largest absolute Gasteiger partial charge is 0.493 e. The van der Waals surface area contributed by atoms with Crippen LogP contribution in [0.1, 0.15) is 38.2 Å². The van der Waals surface area contributed by atoms with E-state index < -0.39 is 0 Å². The summed E-state index contributed by atoms with van der Waals surface area (Å²) >= 11 is 0. The minimum absolute atomic E-state index is 0. The van der Waals surface area contributed by atoms with Gasteiger partial charge in [-0.15, -0.1) is 24.0 Å². The normalized spacial score (nSPS) is 22.4. The standard InChI is InChI=1S/C20H31N3O2.HI/c1-4-21-20(23-13-16-8-5-6-9-17(16)14-23)22-12-15-10-7-11-18(24-2)19(15)25-3;/h7,10-11,16-17H,4-6,8-9,12-14H2,1-3H3,(H,21,22);1H. The first-order chi connectivity index (χ1) is 12.3. The lowest BCUT2D eigenvalue weighted by Crippen LogP contribution is -2.40. The zero-order valence-electron chi connectivity index (χ0n) is 16.2. The fraction of sp³-hybridized carbons (Fsp3) is 0.650. The summed E-state index contributed by atoms with van der Waals surface area (Å²) in [5.74, 6) is 4.27. The molecular weight excluding hydrogens is 441 g/mol. The first-order valence-electron chi connectivity index (χ1n) is 9.50. The van der Waals surface area contributed by atoms with Crippen molar-refractivity contribution in [3.63, 3.8) is 0 Å². The molecular formula is C20H32IN3O2. The van der Waals surface area contributed by atoms with Crippen LogP contribution >= 0.6 is 24.0 Å². The number of nitrogens with zero attached hydrogens (tertiary/aromatic N) is 2. The van der Waals surface area contributed by atoms with E-state index in [4.69, 9.17) is 14.5 Å². The summed E-state index contributed by atoms with van der Waals surface area (Å²) in [4.78, 5) is 7.36. The first-order valence-corrected chi connectivity index (χ1v) is 9.50. The van der Waals surface area contributed by atoms with Gasteiger partial charge in [0.25, 0.3) is 0 Å². The van der Waals surface area contributed by atoms with E-state index in [0.29, 0.717) is 6.54 Å². The first kappa shape index (κ1) is 21.1. The number of fused-ring (bicyclic) bond motifs is 1. The van der Waals surface area contributed by atoms with Crippen molar-refractivity contribution < 1.29 is 9.47 Å². The van der Waals surface area contributed by atoms with E-state index in [1.807, 2.05) is 12.1 Å². The molecule has 1 heterocycles. The Morgan fingerprint density at radius 3 is 2.42 bits per heavy atom. The molecule has 0 spiro atoms. The van der Waals surface area contributed by atoms with Crippen LogP contribution in [0.4, 0.5) is 0 Å². The molecule has 1 saturated heterocycles. The van der Waals surface area contributed by atoms with Crippen molar-refractivity contribution >= 4 is 29.9 Å². The molecule has 0 radical (unpaired) electrons. The van der Waals surface area contributed by atoms with Crippen molar-refractivity contribution in [3.05, 3.63) is 23.8 Å². The molecule has 1 aliphatic carbocycles. The summed E-state index contributed by atoms with van der Waals surface area (Å²) in [6.07, 6.45) is 5.54. The van der Waals surface area contributed by atoms with Crippen LogP contribution in [0.15, 0.2) is 23.2 Å². The number of aliphatic imine (C=N–C) groups is 1. The van der Waals surface area contributed by atoms with Crippen LogP contribution in [0, 0.1) is 11.8 Å². The van der Waals surface area contributed by atoms with Crippen LogP contribution in [0.3, 0.4) is 0 Å². The highest BCUT2D eigenvalue weighted by Crippen LogP contribution is 2.36. The molecule has 146 valence electrons. The molecule has 1 aromatic rings. The maximum atomic E-state index is 5.53. The molecule has 2 atom stereocenters. The number of hydrogen-bond acceptors (Lipinski definition) is 3. The van der Waals surface area contributed by atoms with E-state index in [9.17, 15) is 0 Å². The van der Waals surface area contributed by atoms with Crippen LogP contribution in [0.2, 0.25) is 0 Å². The SMILES string of the molecule is CCNC(=NCc1cccc(OC)c1OC)N1CC2CCCCC2C1.I. The third-order valence-corrected chi connectivity index (χ3v) is 5.49.